The predicted molar refractivity (Wildman–Crippen MR) is 175 cm³/mol. The number of fused-ring (bicyclic) bond motifs is 6. The Morgan fingerprint density at radius 2 is 1.59 bits per heavy atom. The Bertz CT molecular complexity index is 1970. The van der Waals surface area contributed by atoms with Gasteiger partial charge in [0.25, 0.3) is 0 Å². The Labute approximate surface area is 256 Å². The minimum atomic E-state index is -0.971. The highest BCUT2D eigenvalue weighted by Gasteiger charge is 2.60. The van der Waals surface area contributed by atoms with Crippen LogP contribution >= 0.6 is 0 Å². The van der Waals surface area contributed by atoms with E-state index in [4.69, 9.17) is 23.9 Å². The standard InChI is InChI=1S/C37H34N2O5/c1-23(40)28-20-29-24(19-32(28)41-4)15-16-31-35(29)38-22-37(44-31)36(2,3)34-27-14-10-9-13-26(27)33(42-5)21-30(34)39(37)17-18-43-25-11-7-6-8-12-25/h6-16,19-22H,17-18H2,1-5H3. The molecule has 2 aliphatic heterocycles. The molecule has 0 aromatic heterocycles. The fraction of sp³-hybridized carbons (Fsp3) is 0.243. The number of rotatable bonds is 7. The van der Waals surface area contributed by atoms with Crippen LogP contribution in [0.25, 0.3) is 21.5 Å². The highest BCUT2D eigenvalue weighted by molar-refractivity contribution is 6.07. The summed E-state index contributed by atoms with van der Waals surface area (Å²) in [6.07, 6.45) is 1.93. The minimum absolute atomic E-state index is 0.0728. The zero-order valence-corrected chi connectivity index (χ0v) is 25.5. The molecule has 222 valence electrons. The van der Waals surface area contributed by atoms with Crippen LogP contribution in [-0.4, -0.2) is 45.1 Å². The molecule has 0 saturated heterocycles. The van der Waals surface area contributed by atoms with Crippen LogP contribution in [0.3, 0.4) is 0 Å². The molecular weight excluding hydrogens is 552 g/mol. The van der Waals surface area contributed by atoms with E-state index in [0.717, 1.165) is 44.3 Å². The molecule has 0 saturated carbocycles. The van der Waals surface area contributed by atoms with Crippen LogP contribution in [-0.2, 0) is 5.41 Å². The molecule has 2 aliphatic rings. The van der Waals surface area contributed by atoms with Crippen molar-refractivity contribution in [1.29, 1.82) is 0 Å². The van der Waals surface area contributed by atoms with E-state index in [-0.39, 0.29) is 5.78 Å². The average Bonchev–Trinajstić information content (AvgIpc) is 3.21. The maximum absolute atomic E-state index is 12.5. The lowest BCUT2D eigenvalue weighted by molar-refractivity contribution is 0.0755. The molecule has 7 nitrogen and oxygen atoms in total. The van der Waals surface area contributed by atoms with Gasteiger partial charge < -0.3 is 23.8 Å². The summed E-state index contributed by atoms with van der Waals surface area (Å²) in [6, 6.07) is 27.9. The van der Waals surface area contributed by atoms with Crippen molar-refractivity contribution < 1.29 is 23.7 Å². The van der Waals surface area contributed by atoms with Crippen molar-refractivity contribution in [3.8, 4) is 23.0 Å². The fourth-order valence-electron chi connectivity index (χ4n) is 6.86. The molecule has 0 radical (unpaired) electrons. The van der Waals surface area contributed by atoms with Gasteiger partial charge in [0, 0.05) is 22.5 Å². The smallest absolute Gasteiger partial charge is 0.229 e. The van der Waals surface area contributed by atoms with Crippen molar-refractivity contribution in [2.45, 2.75) is 31.9 Å². The molecule has 5 aromatic carbocycles. The summed E-state index contributed by atoms with van der Waals surface area (Å²) < 4.78 is 24.8. The van der Waals surface area contributed by atoms with Crippen molar-refractivity contribution in [1.82, 2.24) is 0 Å². The molecule has 0 amide bonds. The van der Waals surface area contributed by atoms with E-state index in [0.29, 0.717) is 35.9 Å². The molecule has 0 aliphatic carbocycles. The lowest BCUT2D eigenvalue weighted by Crippen LogP contribution is -2.63. The molecule has 0 N–H and O–H groups in total. The van der Waals surface area contributed by atoms with Gasteiger partial charge in [0.05, 0.1) is 38.0 Å². The maximum Gasteiger partial charge on any atom is 0.229 e. The van der Waals surface area contributed by atoms with Crippen LogP contribution in [0.5, 0.6) is 23.0 Å². The fourth-order valence-corrected chi connectivity index (χ4v) is 6.86. The second-order valence-electron chi connectivity index (χ2n) is 11.8. The van der Waals surface area contributed by atoms with E-state index < -0.39 is 11.1 Å². The predicted octanol–water partition coefficient (Wildman–Crippen LogP) is 7.88. The number of methoxy groups -OCH3 is 2. The molecule has 7 heteroatoms. The van der Waals surface area contributed by atoms with Crippen LogP contribution in [0, 0.1) is 0 Å². The van der Waals surface area contributed by atoms with E-state index in [2.05, 4.69) is 43.0 Å². The maximum atomic E-state index is 12.5. The third-order valence-corrected chi connectivity index (χ3v) is 9.03. The number of Topliss-reactive ketones (excluding diaryl/α,β-unsaturated/α-hetero) is 1. The van der Waals surface area contributed by atoms with Crippen LogP contribution in [0.2, 0.25) is 0 Å². The van der Waals surface area contributed by atoms with Crippen LogP contribution in [0.1, 0.15) is 36.7 Å². The Morgan fingerprint density at radius 1 is 0.864 bits per heavy atom. The summed E-state index contributed by atoms with van der Waals surface area (Å²) in [5, 5.41) is 3.90. The Hall–Kier alpha value is -5.04. The lowest BCUT2D eigenvalue weighted by Gasteiger charge is -2.46. The number of ether oxygens (including phenoxy) is 4. The first-order chi connectivity index (χ1) is 21.3. The third kappa shape index (κ3) is 4.03. The number of hydrogen-bond acceptors (Lipinski definition) is 7. The Morgan fingerprint density at radius 3 is 2.32 bits per heavy atom. The van der Waals surface area contributed by atoms with Gasteiger partial charge in [0.1, 0.15) is 35.3 Å². The first kappa shape index (κ1) is 27.8. The number of hydrogen-bond donors (Lipinski definition) is 0. The molecular formula is C37H34N2O5. The summed E-state index contributed by atoms with van der Waals surface area (Å²) in [5.41, 5.74) is 1.86. The van der Waals surface area contributed by atoms with Gasteiger partial charge in [-0.1, -0.05) is 48.5 Å². The van der Waals surface area contributed by atoms with Gasteiger partial charge in [-0.3, -0.25) is 9.79 Å². The van der Waals surface area contributed by atoms with Crippen LogP contribution < -0.4 is 23.8 Å². The number of aliphatic imine (C=N–C) groups is 1. The van der Waals surface area contributed by atoms with Crippen molar-refractivity contribution >= 4 is 44.9 Å². The van der Waals surface area contributed by atoms with Gasteiger partial charge in [-0.2, -0.15) is 0 Å². The first-order valence-corrected chi connectivity index (χ1v) is 14.7. The van der Waals surface area contributed by atoms with Crippen LogP contribution in [0.4, 0.5) is 11.4 Å². The molecule has 0 bridgehead atoms. The number of anilines is 1. The van der Waals surface area contributed by atoms with E-state index in [1.807, 2.05) is 66.9 Å². The summed E-state index contributed by atoms with van der Waals surface area (Å²) >= 11 is 0. The number of ketones is 1. The van der Waals surface area contributed by atoms with Gasteiger partial charge >= 0.3 is 0 Å². The largest absolute Gasteiger partial charge is 0.496 e. The van der Waals surface area contributed by atoms with E-state index in [9.17, 15) is 4.79 Å². The highest BCUT2D eigenvalue weighted by Crippen LogP contribution is 2.58. The van der Waals surface area contributed by atoms with Crippen molar-refractivity contribution in [3.05, 3.63) is 96.1 Å². The number of benzene rings is 5. The summed E-state index contributed by atoms with van der Waals surface area (Å²) in [7, 11) is 3.28. The van der Waals surface area contributed by atoms with Gasteiger partial charge in [0.2, 0.25) is 5.72 Å². The molecule has 44 heavy (non-hydrogen) atoms. The van der Waals surface area contributed by atoms with Gasteiger partial charge in [-0.15, -0.1) is 0 Å². The number of carbonyl (C=O) groups is 1. The quantitative estimate of drug-likeness (QED) is 0.181. The number of para-hydroxylation sites is 1. The molecule has 2 heterocycles. The normalized spacial score (nSPS) is 17.8. The molecule has 5 aromatic rings. The van der Waals surface area contributed by atoms with Gasteiger partial charge in [-0.05, 0) is 67.4 Å². The second-order valence-corrected chi connectivity index (χ2v) is 11.8. The van der Waals surface area contributed by atoms with Gasteiger partial charge in [0.15, 0.2) is 5.78 Å². The minimum Gasteiger partial charge on any atom is -0.496 e. The van der Waals surface area contributed by atoms with Crippen LogP contribution in [0.15, 0.2) is 89.9 Å². The highest BCUT2D eigenvalue weighted by atomic mass is 16.5. The second kappa shape index (κ2) is 10.3. The summed E-state index contributed by atoms with van der Waals surface area (Å²) in [5.74, 6) is 2.72. The Balaban J connectivity index is 1.39. The molecule has 1 spiro atoms. The topological polar surface area (TPSA) is 69.6 Å². The van der Waals surface area contributed by atoms with Crippen molar-refractivity contribution in [3.63, 3.8) is 0 Å². The molecule has 7 rings (SSSR count). The Kier molecular flexibility index (Phi) is 6.50. The van der Waals surface area contributed by atoms with E-state index >= 15 is 0 Å². The van der Waals surface area contributed by atoms with E-state index in [1.165, 1.54) is 0 Å². The third-order valence-electron chi connectivity index (χ3n) is 9.03. The molecule has 1 atom stereocenters. The van der Waals surface area contributed by atoms with E-state index in [1.54, 1.807) is 21.1 Å². The number of carbonyl (C=O) groups excluding carboxylic acids is 1. The summed E-state index contributed by atoms with van der Waals surface area (Å²) in [4.78, 5) is 19.8. The summed E-state index contributed by atoms with van der Waals surface area (Å²) in [6.45, 7) is 6.92. The zero-order valence-electron chi connectivity index (χ0n) is 25.5. The van der Waals surface area contributed by atoms with Crippen molar-refractivity contribution in [2.75, 3.05) is 32.3 Å². The van der Waals surface area contributed by atoms with Crippen molar-refractivity contribution in [2.24, 2.45) is 4.99 Å². The van der Waals surface area contributed by atoms with Gasteiger partial charge in [-0.25, -0.2) is 0 Å². The lowest BCUT2D eigenvalue weighted by atomic mass is 9.75. The average molecular weight is 587 g/mol. The first-order valence-electron chi connectivity index (χ1n) is 14.7. The molecule has 0 fully saturated rings. The zero-order chi connectivity index (χ0) is 30.6. The monoisotopic (exact) mass is 586 g/mol. The number of nitrogens with zero attached hydrogens (tertiary/aromatic N) is 2. The molecule has 1 unspecified atom stereocenters. The SMILES string of the molecule is COc1cc2ccc3c(c2cc1C(C)=O)N=CC1(O3)N(CCOc2ccccc2)c2cc(OC)c3ccccc3c2C1(C)C.